The predicted octanol–water partition coefficient (Wildman–Crippen LogP) is 2.24. The van der Waals surface area contributed by atoms with E-state index in [-0.39, 0.29) is 18.9 Å². The number of piperidine rings is 1. The van der Waals surface area contributed by atoms with Crippen LogP contribution in [0.4, 0.5) is 4.79 Å². The molecule has 1 saturated heterocycles. The Morgan fingerprint density at radius 1 is 1.31 bits per heavy atom. The molecular formula is C18H24ClN3O4. The van der Waals surface area contributed by atoms with Crippen LogP contribution in [0.15, 0.2) is 24.3 Å². The van der Waals surface area contributed by atoms with Gasteiger partial charge in [-0.3, -0.25) is 9.59 Å². The third-order valence-corrected chi connectivity index (χ3v) is 4.81. The van der Waals surface area contributed by atoms with Crippen molar-refractivity contribution in [3.05, 3.63) is 34.9 Å². The maximum absolute atomic E-state index is 12.1. The fraction of sp³-hybridized carbons (Fsp3) is 0.500. The molecule has 0 radical (unpaired) electrons. The van der Waals surface area contributed by atoms with Crippen molar-refractivity contribution in [3.63, 3.8) is 0 Å². The van der Waals surface area contributed by atoms with E-state index in [2.05, 4.69) is 12.2 Å². The molecule has 1 aromatic carbocycles. The van der Waals surface area contributed by atoms with Crippen molar-refractivity contribution in [2.24, 2.45) is 11.7 Å². The zero-order valence-electron chi connectivity index (χ0n) is 14.7. The number of primary amides is 1. The maximum Gasteiger partial charge on any atom is 0.312 e. The van der Waals surface area contributed by atoms with Crippen LogP contribution in [0.2, 0.25) is 5.02 Å². The van der Waals surface area contributed by atoms with E-state index in [1.54, 1.807) is 29.2 Å². The number of nitrogens with zero attached hydrogens (tertiary/aromatic N) is 1. The number of carbonyl (C=O) groups is 3. The van der Waals surface area contributed by atoms with Gasteiger partial charge in [-0.25, -0.2) is 4.79 Å². The van der Waals surface area contributed by atoms with Crippen LogP contribution in [-0.4, -0.2) is 42.5 Å². The second kappa shape index (κ2) is 9.43. The minimum Gasteiger partial charge on any atom is -0.455 e. The lowest BCUT2D eigenvalue weighted by Gasteiger charge is -2.30. The summed E-state index contributed by atoms with van der Waals surface area (Å²) in [6.45, 7) is 3.22. The molecule has 0 bridgehead atoms. The normalized spacial score (nSPS) is 16.0. The molecule has 1 atom stereocenters. The van der Waals surface area contributed by atoms with Gasteiger partial charge in [0.15, 0.2) is 6.61 Å². The van der Waals surface area contributed by atoms with Crippen LogP contribution >= 0.6 is 11.6 Å². The zero-order valence-corrected chi connectivity index (χ0v) is 15.5. The van der Waals surface area contributed by atoms with Crippen LogP contribution in [0.5, 0.6) is 0 Å². The quantitative estimate of drug-likeness (QED) is 0.737. The van der Waals surface area contributed by atoms with Crippen LogP contribution in [0, 0.1) is 5.92 Å². The van der Waals surface area contributed by atoms with Crippen LogP contribution in [-0.2, 0) is 14.3 Å². The number of hydrogen-bond acceptors (Lipinski definition) is 4. The van der Waals surface area contributed by atoms with Crippen molar-refractivity contribution in [1.29, 1.82) is 0 Å². The molecule has 1 unspecified atom stereocenters. The second-order valence-electron chi connectivity index (χ2n) is 6.51. The van der Waals surface area contributed by atoms with E-state index in [9.17, 15) is 14.4 Å². The van der Waals surface area contributed by atoms with Gasteiger partial charge in [0.2, 0.25) is 0 Å². The summed E-state index contributed by atoms with van der Waals surface area (Å²) in [7, 11) is 0. The third-order valence-electron chi connectivity index (χ3n) is 4.46. The molecule has 3 amide bonds. The van der Waals surface area contributed by atoms with Crippen molar-refractivity contribution in [3.8, 4) is 0 Å². The standard InChI is InChI=1S/C18H24ClN3O4/c1-12-6-8-22(9-7-12)16(23)11-26-17(24)10-15(21-18(20)25)13-4-2-3-5-14(13)19/h2-5,12,15H,6-11H2,1H3,(H3,20,21,25). The van der Waals surface area contributed by atoms with Crippen molar-refractivity contribution in [1.82, 2.24) is 10.2 Å². The number of amides is 3. The molecule has 1 aliphatic heterocycles. The van der Waals surface area contributed by atoms with E-state index in [4.69, 9.17) is 22.1 Å². The van der Waals surface area contributed by atoms with Gasteiger partial charge in [0.1, 0.15) is 0 Å². The van der Waals surface area contributed by atoms with E-state index in [0.29, 0.717) is 29.6 Å². The Morgan fingerprint density at radius 3 is 2.58 bits per heavy atom. The first kappa shape index (κ1) is 20.0. The summed E-state index contributed by atoms with van der Waals surface area (Å²) < 4.78 is 5.09. The third kappa shape index (κ3) is 5.91. The maximum atomic E-state index is 12.1. The number of ether oxygens (including phenoxy) is 1. The van der Waals surface area contributed by atoms with Gasteiger partial charge in [-0.15, -0.1) is 0 Å². The molecule has 1 fully saturated rings. The topological polar surface area (TPSA) is 102 Å². The molecule has 0 aliphatic carbocycles. The smallest absolute Gasteiger partial charge is 0.312 e. The van der Waals surface area contributed by atoms with Gasteiger partial charge in [0, 0.05) is 18.1 Å². The molecule has 8 heteroatoms. The molecule has 0 aromatic heterocycles. The van der Waals surface area contributed by atoms with Crippen molar-refractivity contribution in [2.75, 3.05) is 19.7 Å². The molecular weight excluding hydrogens is 358 g/mol. The molecule has 0 saturated carbocycles. The zero-order chi connectivity index (χ0) is 19.1. The fourth-order valence-electron chi connectivity index (χ4n) is 2.89. The van der Waals surface area contributed by atoms with Gasteiger partial charge in [0.25, 0.3) is 5.91 Å². The monoisotopic (exact) mass is 381 g/mol. The molecule has 1 heterocycles. The molecule has 1 aliphatic rings. The van der Waals surface area contributed by atoms with E-state index < -0.39 is 18.0 Å². The average molecular weight is 382 g/mol. The van der Waals surface area contributed by atoms with Gasteiger partial charge < -0.3 is 20.7 Å². The van der Waals surface area contributed by atoms with Gasteiger partial charge in [-0.2, -0.15) is 0 Å². The van der Waals surface area contributed by atoms with E-state index in [1.807, 2.05) is 0 Å². The number of esters is 1. The number of carbonyl (C=O) groups excluding carboxylic acids is 3. The highest BCUT2D eigenvalue weighted by Crippen LogP contribution is 2.25. The molecule has 142 valence electrons. The largest absolute Gasteiger partial charge is 0.455 e. The first-order valence-corrected chi connectivity index (χ1v) is 8.98. The summed E-state index contributed by atoms with van der Waals surface area (Å²) in [6, 6.07) is 5.32. The van der Waals surface area contributed by atoms with E-state index in [0.717, 1.165) is 12.8 Å². The highest BCUT2D eigenvalue weighted by molar-refractivity contribution is 6.31. The number of likely N-dealkylation sites (tertiary alicyclic amines) is 1. The number of urea groups is 1. The Kier molecular flexibility index (Phi) is 7.26. The molecule has 3 N–H and O–H groups in total. The highest BCUT2D eigenvalue weighted by atomic mass is 35.5. The summed E-state index contributed by atoms with van der Waals surface area (Å²) in [4.78, 5) is 37.2. The molecule has 1 aromatic rings. The summed E-state index contributed by atoms with van der Waals surface area (Å²) in [5, 5.41) is 2.88. The first-order chi connectivity index (χ1) is 12.4. The van der Waals surface area contributed by atoms with Crippen LogP contribution in [0.3, 0.4) is 0 Å². The summed E-state index contributed by atoms with van der Waals surface area (Å²) in [5.74, 6) is -0.206. The molecule has 0 spiro atoms. The molecule has 7 nitrogen and oxygen atoms in total. The minimum absolute atomic E-state index is 0.170. The Hall–Kier alpha value is -2.28. The number of hydrogen-bond donors (Lipinski definition) is 2. The number of benzene rings is 1. The lowest BCUT2D eigenvalue weighted by molar-refractivity contribution is -0.153. The average Bonchev–Trinajstić information content (AvgIpc) is 2.60. The predicted molar refractivity (Wildman–Crippen MR) is 97.5 cm³/mol. The van der Waals surface area contributed by atoms with Crippen LogP contribution in [0.25, 0.3) is 0 Å². The Bertz CT molecular complexity index is 660. The van der Waals surface area contributed by atoms with Crippen molar-refractivity contribution < 1.29 is 19.1 Å². The number of halogens is 1. The Labute approximate surface area is 157 Å². The lowest BCUT2D eigenvalue weighted by atomic mass is 9.99. The number of rotatable bonds is 6. The molecule has 26 heavy (non-hydrogen) atoms. The SMILES string of the molecule is CC1CCN(C(=O)COC(=O)CC(NC(N)=O)c2ccccc2Cl)CC1. The fourth-order valence-corrected chi connectivity index (χ4v) is 3.15. The number of nitrogens with two attached hydrogens (primary N) is 1. The van der Waals surface area contributed by atoms with Crippen LogP contribution in [0.1, 0.15) is 37.8 Å². The van der Waals surface area contributed by atoms with Gasteiger partial charge in [0.05, 0.1) is 12.5 Å². The minimum atomic E-state index is -0.777. The van der Waals surface area contributed by atoms with Gasteiger partial charge in [-0.05, 0) is 30.4 Å². The summed E-state index contributed by atoms with van der Waals surface area (Å²) in [5.41, 5.74) is 5.74. The highest BCUT2D eigenvalue weighted by Gasteiger charge is 2.23. The second-order valence-corrected chi connectivity index (χ2v) is 6.92. The summed E-state index contributed by atoms with van der Waals surface area (Å²) >= 11 is 6.12. The lowest BCUT2D eigenvalue weighted by Crippen LogP contribution is -2.40. The Balaban J connectivity index is 1.90. The van der Waals surface area contributed by atoms with E-state index in [1.165, 1.54) is 0 Å². The number of nitrogens with one attached hydrogen (secondary N) is 1. The van der Waals surface area contributed by atoms with Crippen molar-refractivity contribution in [2.45, 2.75) is 32.2 Å². The van der Waals surface area contributed by atoms with Gasteiger partial charge in [-0.1, -0.05) is 36.7 Å². The first-order valence-electron chi connectivity index (χ1n) is 8.60. The summed E-state index contributed by atoms with van der Waals surface area (Å²) in [6.07, 6.45) is 1.74. The van der Waals surface area contributed by atoms with E-state index >= 15 is 0 Å². The van der Waals surface area contributed by atoms with Crippen LogP contribution < -0.4 is 11.1 Å². The van der Waals surface area contributed by atoms with Gasteiger partial charge >= 0.3 is 12.0 Å². The molecule has 2 rings (SSSR count). The van der Waals surface area contributed by atoms with Crippen molar-refractivity contribution >= 4 is 29.5 Å². The Morgan fingerprint density at radius 2 is 1.96 bits per heavy atom.